The van der Waals surface area contributed by atoms with Gasteiger partial charge in [0, 0.05) is 12.7 Å². The highest BCUT2D eigenvalue weighted by Crippen LogP contribution is 2.28. The number of aromatic nitrogens is 2. The van der Waals surface area contributed by atoms with Crippen molar-refractivity contribution in [1.29, 1.82) is 0 Å². The van der Waals surface area contributed by atoms with Crippen molar-refractivity contribution in [2.45, 2.75) is 6.42 Å². The number of amides is 1. The van der Waals surface area contributed by atoms with Crippen LogP contribution in [0.5, 0.6) is 0 Å². The lowest BCUT2D eigenvalue weighted by Gasteiger charge is -2.00. The number of nitrogens with one attached hydrogen (secondary N) is 1. The summed E-state index contributed by atoms with van der Waals surface area (Å²) >= 11 is 1.19. The number of nitrogens with two attached hydrogens (primary N) is 1. The Kier molecular flexibility index (Phi) is 4.59. The summed E-state index contributed by atoms with van der Waals surface area (Å²) in [5, 5.41) is 11.3. The second-order valence-electron chi connectivity index (χ2n) is 3.94. The zero-order valence-electron chi connectivity index (χ0n) is 10.7. The number of anilines is 2. The van der Waals surface area contributed by atoms with Gasteiger partial charge >= 0.3 is 0 Å². The Morgan fingerprint density at radius 1 is 1.50 bits per heavy atom. The summed E-state index contributed by atoms with van der Waals surface area (Å²) < 4.78 is 17.9. The molecule has 0 fully saturated rings. The fraction of sp³-hybridized carbons (Fsp3) is 0.250. The van der Waals surface area contributed by atoms with Gasteiger partial charge < -0.3 is 15.8 Å². The predicted molar refractivity (Wildman–Crippen MR) is 74.8 cm³/mol. The Morgan fingerprint density at radius 2 is 2.30 bits per heavy atom. The summed E-state index contributed by atoms with van der Waals surface area (Å²) in [5.41, 5.74) is 6.19. The number of hydrogen-bond donors (Lipinski definition) is 2. The molecule has 0 saturated carbocycles. The third-order valence-electron chi connectivity index (χ3n) is 2.45. The van der Waals surface area contributed by atoms with Crippen LogP contribution in [0.3, 0.4) is 0 Å². The van der Waals surface area contributed by atoms with E-state index in [9.17, 15) is 9.18 Å². The number of halogens is 1. The Morgan fingerprint density at radius 3 is 3.00 bits per heavy atom. The van der Waals surface area contributed by atoms with E-state index in [1.54, 1.807) is 6.07 Å². The molecule has 2 rings (SSSR count). The van der Waals surface area contributed by atoms with Crippen LogP contribution in [0.4, 0.5) is 15.2 Å². The van der Waals surface area contributed by atoms with E-state index in [1.807, 2.05) is 0 Å². The van der Waals surface area contributed by atoms with Crippen LogP contribution in [-0.2, 0) is 9.53 Å². The van der Waals surface area contributed by atoms with E-state index in [0.717, 1.165) is 0 Å². The van der Waals surface area contributed by atoms with Crippen molar-refractivity contribution in [2.24, 2.45) is 0 Å². The standard InChI is InChI=1S/C12H13FN4O2S/c1-19-5-4-10(18)15-12-17-16-11(20-12)7-2-3-8(13)9(14)6-7/h2-3,6H,4-5,14H2,1H3,(H,15,17,18). The van der Waals surface area contributed by atoms with Gasteiger partial charge in [-0.15, -0.1) is 10.2 Å². The lowest BCUT2D eigenvalue weighted by molar-refractivity contribution is -0.117. The van der Waals surface area contributed by atoms with Crippen molar-refractivity contribution >= 4 is 28.1 Å². The van der Waals surface area contributed by atoms with Crippen molar-refractivity contribution < 1.29 is 13.9 Å². The highest BCUT2D eigenvalue weighted by Gasteiger charge is 2.10. The molecule has 6 nitrogen and oxygen atoms in total. The van der Waals surface area contributed by atoms with Crippen LogP contribution in [0.15, 0.2) is 18.2 Å². The van der Waals surface area contributed by atoms with E-state index in [2.05, 4.69) is 15.5 Å². The minimum absolute atomic E-state index is 0.0448. The molecule has 1 amide bonds. The molecule has 0 aliphatic heterocycles. The quantitative estimate of drug-likeness (QED) is 0.822. The molecule has 0 bridgehead atoms. The number of nitrogens with zero attached hydrogens (tertiary/aromatic N) is 2. The molecule has 0 aliphatic rings. The number of methoxy groups -OCH3 is 1. The fourth-order valence-electron chi connectivity index (χ4n) is 1.44. The minimum atomic E-state index is -0.480. The average Bonchev–Trinajstić information content (AvgIpc) is 2.88. The zero-order valence-corrected chi connectivity index (χ0v) is 11.5. The lowest BCUT2D eigenvalue weighted by Crippen LogP contribution is -2.13. The number of nitrogen functional groups attached to an aromatic ring is 1. The Labute approximate surface area is 118 Å². The Hall–Kier alpha value is -2.06. The van der Waals surface area contributed by atoms with E-state index in [4.69, 9.17) is 10.5 Å². The van der Waals surface area contributed by atoms with E-state index < -0.39 is 5.82 Å². The normalized spacial score (nSPS) is 10.5. The van der Waals surface area contributed by atoms with Crippen LogP contribution in [0.2, 0.25) is 0 Å². The van der Waals surface area contributed by atoms with Crippen molar-refractivity contribution in [3.05, 3.63) is 24.0 Å². The molecular formula is C12H13FN4O2S. The van der Waals surface area contributed by atoms with Crippen molar-refractivity contribution in [2.75, 3.05) is 24.8 Å². The molecule has 1 aromatic heterocycles. The van der Waals surface area contributed by atoms with Gasteiger partial charge in [-0.3, -0.25) is 4.79 Å². The fourth-order valence-corrected chi connectivity index (χ4v) is 2.20. The van der Waals surface area contributed by atoms with E-state index in [1.165, 1.54) is 30.6 Å². The molecule has 0 aliphatic carbocycles. The summed E-state index contributed by atoms with van der Waals surface area (Å²) in [6.45, 7) is 0.339. The lowest BCUT2D eigenvalue weighted by atomic mass is 10.2. The molecule has 20 heavy (non-hydrogen) atoms. The highest BCUT2D eigenvalue weighted by atomic mass is 32.1. The van der Waals surface area contributed by atoms with Gasteiger partial charge in [0.05, 0.1) is 18.7 Å². The number of rotatable bonds is 5. The van der Waals surface area contributed by atoms with Gasteiger partial charge in [0.25, 0.3) is 0 Å². The van der Waals surface area contributed by atoms with Crippen molar-refractivity contribution in [3.63, 3.8) is 0 Å². The second kappa shape index (κ2) is 6.40. The molecule has 3 N–H and O–H groups in total. The Balaban J connectivity index is 2.08. The molecule has 1 aromatic carbocycles. The van der Waals surface area contributed by atoms with Gasteiger partial charge in [0.1, 0.15) is 10.8 Å². The number of benzene rings is 1. The molecule has 0 atom stereocenters. The molecule has 0 saturated heterocycles. The topological polar surface area (TPSA) is 90.1 Å². The van der Waals surface area contributed by atoms with E-state index in [0.29, 0.717) is 22.3 Å². The Bertz CT molecular complexity index is 617. The summed E-state index contributed by atoms with van der Waals surface area (Å²) in [4.78, 5) is 11.5. The first-order valence-corrected chi connectivity index (χ1v) is 6.59. The maximum Gasteiger partial charge on any atom is 0.228 e. The minimum Gasteiger partial charge on any atom is -0.396 e. The van der Waals surface area contributed by atoms with Crippen molar-refractivity contribution in [3.8, 4) is 10.6 Å². The number of carbonyl (C=O) groups is 1. The van der Waals surface area contributed by atoms with Gasteiger partial charge in [-0.2, -0.15) is 0 Å². The van der Waals surface area contributed by atoms with Crippen LogP contribution < -0.4 is 11.1 Å². The smallest absolute Gasteiger partial charge is 0.228 e. The average molecular weight is 296 g/mol. The largest absolute Gasteiger partial charge is 0.396 e. The van der Waals surface area contributed by atoms with Crippen molar-refractivity contribution in [1.82, 2.24) is 10.2 Å². The first kappa shape index (κ1) is 14.4. The predicted octanol–water partition coefficient (Wildman–Crippen LogP) is 1.90. The third kappa shape index (κ3) is 3.49. The SMILES string of the molecule is COCCC(=O)Nc1nnc(-c2ccc(F)c(N)c2)s1. The van der Waals surface area contributed by atoms with Crippen LogP contribution in [0, 0.1) is 5.82 Å². The maximum atomic E-state index is 13.1. The maximum absolute atomic E-state index is 13.1. The van der Waals surface area contributed by atoms with E-state index >= 15 is 0 Å². The summed E-state index contributed by atoms with van der Waals surface area (Å²) in [6, 6.07) is 4.30. The highest BCUT2D eigenvalue weighted by molar-refractivity contribution is 7.18. The molecule has 1 heterocycles. The van der Waals surface area contributed by atoms with Crippen LogP contribution in [0.25, 0.3) is 10.6 Å². The number of carbonyl (C=O) groups excluding carboxylic acids is 1. The first-order valence-electron chi connectivity index (χ1n) is 5.78. The molecule has 0 unspecified atom stereocenters. The second-order valence-corrected chi connectivity index (χ2v) is 4.92. The molecule has 0 spiro atoms. The zero-order chi connectivity index (χ0) is 14.5. The van der Waals surface area contributed by atoms with Gasteiger partial charge in [-0.05, 0) is 18.2 Å². The van der Waals surface area contributed by atoms with Gasteiger partial charge in [-0.25, -0.2) is 4.39 Å². The van der Waals surface area contributed by atoms with Gasteiger partial charge in [0.15, 0.2) is 0 Å². The van der Waals surface area contributed by atoms with Gasteiger partial charge in [-0.1, -0.05) is 11.3 Å². The monoisotopic (exact) mass is 296 g/mol. The molecular weight excluding hydrogens is 283 g/mol. The molecule has 106 valence electrons. The van der Waals surface area contributed by atoms with Crippen LogP contribution >= 0.6 is 11.3 Å². The van der Waals surface area contributed by atoms with Crippen LogP contribution in [0.1, 0.15) is 6.42 Å². The molecule has 0 radical (unpaired) electrons. The third-order valence-corrected chi connectivity index (χ3v) is 3.34. The van der Waals surface area contributed by atoms with Crippen LogP contribution in [-0.4, -0.2) is 29.8 Å². The number of ether oxygens (including phenoxy) is 1. The van der Waals surface area contributed by atoms with E-state index in [-0.39, 0.29) is 18.0 Å². The summed E-state index contributed by atoms with van der Waals surface area (Å²) in [7, 11) is 1.52. The molecule has 8 heteroatoms. The molecule has 2 aromatic rings. The first-order chi connectivity index (χ1) is 9.60. The number of hydrogen-bond acceptors (Lipinski definition) is 6. The summed E-state index contributed by atoms with van der Waals surface area (Å²) in [6.07, 6.45) is 0.245. The van der Waals surface area contributed by atoms with Gasteiger partial charge in [0.2, 0.25) is 11.0 Å². The summed E-state index contributed by atoms with van der Waals surface area (Å²) in [5.74, 6) is -0.681.